The van der Waals surface area contributed by atoms with Crippen LogP contribution in [0.25, 0.3) is 0 Å². The molecule has 0 bridgehead atoms. The Labute approximate surface area is 103 Å². The lowest BCUT2D eigenvalue weighted by Gasteiger charge is -2.09. The first-order valence-corrected chi connectivity index (χ1v) is 5.97. The molecule has 0 aliphatic carbocycles. The molecule has 6 heteroatoms. The van der Waals surface area contributed by atoms with Gasteiger partial charge >= 0.3 is 6.18 Å². The molecule has 0 radical (unpaired) electrons. The van der Waals surface area contributed by atoms with Crippen molar-refractivity contribution in [3.63, 3.8) is 0 Å². The van der Waals surface area contributed by atoms with Crippen molar-refractivity contribution in [2.45, 2.75) is 54.9 Å². The molecule has 0 saturated heterocycles. The monoisotopic (exact) mass is 284 g/mol. The van der Waals surface area contributed by atoms with Gasteiger partial charge in [0.05, 0.1) is 0 Å². The molecule has 92 valence electrons. The molecule has 0 aliphatic rings. The Morgan fingerprint density at radius 3 is 1.47 bits per heavy atom. The number of hydrogen-bond donors (Lipinski definition) is 0. The highest BCUT2D eigenvalue weighted by atomic mass is 35.6. The van der Waals surface area contributed by atoms with Gasteiger partial charge in [-0.25, -0.2) is 0 Å². The Bertz CT molecular complexity index is 145. The van der Waals surface area contributed by atoms with E-state index in [2.05, 4.69) is 0 Å². The summed E-state index contributed by atoms with van der Waals surface area (Å²) >= 11 is 16.5. The van der Waals surface area contributed by atoms with Crippen LogP contribution in [0.5, 0.6) is 0 Å². The zero-order chi connectivity index (χ0) is 11.9. The predicted octanol–water partition coefficient (Wildman–Crippen LogP) is 5.65. The molecule has 0 unspecified atom stereocenters. The van der Waals surface area contributed by atoms with Crippen LogP contribution >= 0.6 is 34.8 Å². The Kier molecular flexibility index (Phi) is 7.39. The SMILES string of the molecule is FC(F)(F)CCCCCCCC(Cl)(Cl)Cl. The van der Waals surface area contributed by atoms with Gasteiger partial charge in [-0.15, -0.1) is 0 Å². The van der Waals surface area contributed by atoms with Crippen molar-refractivity contribution in [3.8, 4) is 0 Å². The maximum Gasteiger partial charge on any atom is 0.389 e. The van der Waals surface area contributed by atoms with E-state index < -0.39 is 16.4 Å². The van der Waals surface area contributed by atoms with Crippen molar-refractivity contribution in [1.82, 2.24) is 0 Å². The lowest BCUT2D eigenvalue weighted by atomic mass is 10.1. The Morgan fingerprint density at radius 2 is 1.07 bits per heavy atom. The van der Waals surface area contributed by atoms with Crippen molar-refractivity contribution in [3.05, 3.63) is 0 Å². The molecule has 0 nitrogen and oxygen atoms in total. The summed E-state index contributed by atoms with van der Waals surface area (Å²) in [5.41, 5.74) is 0. The summed E-state index contributed by atoms with van der Waals surface area (Å²) in [7, 11) is 0. The second kappa shape index (κ2) is 7.08. The minimum Gasteiger partial charge on any atom is -0.171 e. The molecule has 0 rings (SSSR count). The van der Waals surface area contributed by atoms with Gasteiger partial charge in [-0.1, -0.05) is 54.1 Å². The standard InChI is InChI=1S/C9H14Cl3F3/c10-8(11,12)6-4-2-1-3-5-7-9(13,14)15/h1-7H2. The molecule has 0 aromatic heterocycles. The summed E-state index contributed by atoms with van der Waals surface area (Å²) < 4.78 is 34.0. The second-order valence-electron chi connectivity index (χ2n) is 3.50. The van der Waals surface area contributed by atoms with Gasteiger partial charge < -0.3 is 0 Å². The molecule has 0 fully saturated rings. The molecule has 0 atom stereocenters. The summed E-state index contributed by atoms with van der Waals surface area (Å²) in [5.74, 6) is 0. The fourth-order valence-electron chi connectivity index (χ4n) is 1.18. The fourth-order valence-corrected chi connectivity index (χ4v) is 1.58. The van der Waals surface area contributed by atoms with E-state index in [4.69, 9.17) is 34.8 Å². The molecule has 0 saturated carbocycles. The van der Waals surface area contributed by atoms with Gasteiger partial charge in [-0.3, -0.25) is 0 Å². The van der Waals surface area contributed by atoms with Crippen LogP contribution in [0.3, 0.4) is 0 Å². The second-order valence-corrected chi connectivity index (χ2v) is 6.01. The quantitative estimate of drug-likeness (QED) is 0.437. The average Bonchev–Trinajstić information content (AvgIpc) is 1.98. The summed E-state index contributed by atoms with van der Waals surface area (Å²) in [6, 6.07) is 0. The highest BCUT2D eigenvalue weighted by Crippen LogP contribution is 2.32. The molecular weight excluding hydrogens is 271 g/mol. The Balaban J connectivity index is 3.20. The normalized spacial score (nSPS) is 13.2. The Hall–Kier alpha value is 0.660. The van der Waals surface area contributed by atoms with Gasteiger partial charge in [0.15, 0.2) is 3.79 Å². The highest BCUT2D eigenvalue weighted by Gasteiger charge is 2.25. The highest BCUT2D eigenvalue weighted by molar-refractivity contribution is 6.67. The van der Waals surface area contributed by atoms with E-state index in [1.807, 2.05) is 0 Å². The third-order valence-electron chi connectivity index (χ3n) is 1.92. The van der Waals surface area contributed by atoms with E-state index in [9.17, 15) is 13.2 Å². The number of hydrogen-bond acceptors (Lipinski definition) is 0. The van der Waals surface area contributed by atoms with Gasteiger partial charge in [0.1, 0.15) is 0 Å². The van der Waals surface area contributed by atoms with Crippen molar-refractivity contribution in [2.24, 2.45) is 0 Å². The molecule has 0 aromatic rings. The van der Waals surface area contributed by atoms with Gasteiger partial charge in [0, 0.05) is 6.42 Å². The first-order valence-electron chi connectivity index (χ1n) is 4.84. The number of rotatable bonds is 6. The van der Waals surface area contributed by atoms with E-state index in [1.165, 1.54) is 0 Å². The zero-order valence-electron chi connectivity index (χ0n) is 8.22. The van der Waals surface area contributed by atoms with Gasteiger partial charge in [0.25, 0.3) is 0 Å². The van der Waals surface area contributed by atoms with Crippen LogP contribution in [-0.4, -0.2) is 9.97 Å². The minimum atomic E-state index is -4.03. The van der Waals surface area contributed by atoms with Crippen LogP contribution < -0.4 is 0 Å². The van der Waals surface area contributed by atoms with Crippen molar-refractivity contribution in [1.29, 1.82) is 0 Å². The van der Waals surface area contributed by atoms with E-state index in [1.54, 1.807) is 0 Å². The zero-order valence-corrected chi connectivity index (χ0v) is 10.5. The summed E-state index contributed by atoms with van der Waals surface area (Å²) in [6.45, 7) is 0. The summed E-state index contributed by atoms with van der Waals surface area (Å²) in [4.78, 5) is 0. The maximum atomic E-state index is 11.7. The van der Waals surface area contributed by atoms with Crippen molar-refractivity contribution < 1.29 is 13.2 Å². The largest absolute Gasteiger partial charge is 0.389 e. The smallest absolute Gasteiger partial charge is 0.171 e. The predicted molar refractivity (Wildman–Crippen MR) is 58.7 cm³/mol. The first-order chi connectivity index (χ1) is 6.71. The van der Waals surface area contributed by atoms with Crippen LogP contribution in [0.4, 0.5) is 13.2 Å². The third-order valence-corrected chi connectivity index (χ3v) is 2.49. The first kappa shape index (κ1) is 15.7. The van der Waals surface area contributed by atoms with Gasteiger partial charge in [-0.2, -0.15) is 13.2 Å². The van der Waals surface area contributed by atoms with E-state index in [0.717, 1.165) is 19.3 Å². The van der Waals surface area contributed by atoms with Crippen LogP contribution in [0, 0.1) is 0 Å². The number of alkyl halides is 6. The topological polar surface area (TPSA) is 0 Å². The molecular formula is C9H14Cl3F3. The molecule has 0 spiro atoms. The molecule has 0 amide bonds. The minimum absolute atomic E-state index is 0.192. The van der Waals surface area contributed by atoms with Crippen LogP contribution in [0.15, 0.2) is 0 Å². The van der Waals surface area contributed by atoms with Crippen LogP contribution in [-0.2, 0) is 0 Å². The number of halogens is 6. The molecule has 0 aromatic carbocycles. The van der Waals surface area contributed by atoms with Gasteiger partial charge in [0.2, 0.25) is 0 Å². The third kappa shape index (κ3) is 14.7. The molecule has 0 N–H and O–H groups in total. The molecule has 0 aliphatic heterocycles. The van der Waals surface area contributed by atoms with E-state index in [-0.39, 0.29) is 6.42 Å². The summed E-state index contributed by atoms with van der Waals surface area (Å²) in [5, 5.41) is 0. The van der Waals surface area contributed by atoms with Crippen LogP contribution in [0.2, 0.25) is 0 Å². The Morgan fingerprint density at radius 1 is 0.667 bits per heavy atom. The lowest BCUT2D eigenvalue weighted by Crippen LogP contribution is -2.06. The fraction of sp³-hybridized carbons (Fsp3) is 1.00. The van der Waals surface area contributed by atoms with Crippen molar-refractivity contribution >= 4 is 34.8 Å². The van der Waals surface area contributed by atoms with E-state index >= 15 is 0 Å². The average molecular weight is 286 g/mol. The van der Waals surface area contributed by atoms with Gasteiger partial charge in [-0.05, 0) is 19.3 Å². The van der Waals surface area contributed by atoms with Crippen LogP contribution in [0.1, 0.15) is 44.9 Å². The van der Waals surface area contributed by atoms with Crippen molar-refractivity contribution in [2.75, 3.05) is 0 Å². The molecule has 0 heterocycles. The number of unbranched alkanes of at least 4 members (excludes halogenated alkanes) is 4. The maximum absolute atomic E-state index is 11.7. The van der Waals surface area contributed by atoms with E-state index in [0.29, 0.717) is 12.8 Å². The summed E-state index contributed by atoms with van der Waals surface area (Å²) in [6.07, 6.45) is -1.19. The lowest BCUT2D eigenvalue weighted by molar-refractivity contribution is -0.135. The molecule has 15 heavy (non-hydrogen) atoms.